The zero-order valence-electron chi connectivity index (χ0n) is 12.6. The van der Waals surface area contributed by atoms with Crippen molar-refractivity contribution >= 4 is 29.0 Å². The number of hydrogen-bond donors (Lipinski definition) is 1. The highest BCUT2D eigenvalue weighted by atomic mass is 16.5. The highest BCUT2D eigenvalue weighted by molar-refractivity contribution is 5.80. The van der Waals surface area contributed by atoms with Crippen LogP contribution in [0.4, 0.5) is 0 Å². The Hall–Kier alpha value is -3.14. The van der Waals surface area contributed by atoms with Gasteiger partial charge in [-0.25, -0.2) is 0 Å². The van der Waals surface area contributed by atoms with E-state index in [2.05, 4.69) is 4.98 Å². The van der Waals surface area contributed by atoms with Gasteiger partial charge in [-0.2, -0.15) is 0 Å². The number of carbonyl (C=O) groups excluding carboxylic acids is 1. The predicted octanol–water partition coefficient (Wildman–Crippen LogP) is 3.62. The molecular formula is C19H15NO3. The van der Waals surface area contributed by atoms with Crippen LogP contribution in [0.3, 0.4) is 0 Å². The summed E-state index contributed by atoms with van der Waals surface area (Å²) in [4.78, 5) is 26.2. The number of pyridine rings is 1. The minimum Gasteiger partial charge on any atom is -0.427 e. The molecule has 3 rings (SSSR count). The second kappa shape index (κ2) is 6.32. The molecule has 0 amide bonds. The third kappa shape index (κ3) is 3.55. The summed E-state index contributed by atoms with van der Waals surface area (Å²) in [6.45, 7) is 1.36. The molecule has 4 nitrogen and oxygen atoms in total. The number of esters is 1. The van der Waals surface area contributed by atoms with Gasteiger partial charge in [0.2, 0.25) is 0 Å². The smallest absolute Gasteiger partial charge is 0.308 e. The maximum atomic E-state index is 12.1. The fourth-order valence-electron chi connectivity index (χ4n) is 2.31. The molecular weight excluding hydrogens is 290 g/mol. The third-order valence-electron chi connectivity index (χ3n) is 3.36. The number of fused-ring (bicyclic) bond motifs is 1. The average Bonchev–Trinajstić information content (AvgIpc) is 2.54. The van der Waals surface area contributed by atoms with Gasteiger partial charge >= 0.3 is 5.97 Å². The van der Waals surface area contributed by atoms with Gasteiger partial charge in [0.1, 0.15) is 5.75 Å². The summed E-state index contributed by atoms with van der Waals surface area (Å²) in [6.07, 6.45) is 3.73. The molecule has 0 aliphatic rings. The third-order valence-corrected chi connectivity index (χ3v) is 3.36. The van der Waals surface area contributed by atoms with Gasteiger partial charge < -0.3 is 9.72 Å². The molecule has 0 aliphatic heterocycles. The summed E-state index contributed by atoms with van der Waals surface area (Å²) < 4.78 is 4.99. The number of benzene rings is 2. The molecule has 0 aliphatic carbocycles. The SMILES string of the molecule is CC(=O)Oc1ccc(/C=C/c2cc(=O)c3ccccc3[nH]2)cc1. The Morgan fingerprint density at radius 3 is 2.52 bits per heavy atom. The van der Waals surface area contributed by atoms with Crippen molar-refractivity contribution in [3.05, 3.63) is 76.1 Å². The number of para-hydroxylation sites is 1. The van der Waals surface area contributed by atoms with E-state index in [-0.39, 0.29) is 11.4 Å². The lowest BCUT2D eigenvalue weighted by Gasteiger charge is -2.02. The minimum atomic E-state index is -0.345. The van der Waals surface area contributed by atoms with Crippen molar-refractivity contribution in [1.82, 2.24) is 4.98 Å². The molecule has 1 aromatic heterocycles. The van der Waals surface area contributed by atoms with Crippen LogP contribution in [0, 0.1) is 0 Å². The summed E-state index contributed by atoms with van der Waals surface area (Å²) in [5.74, 6) is 0.163. The Balaban J connectivity index is 1.85. The van der Waals surface area contributed by atoms with Crippen molar-refractivity contribution in [2.45, 2.75) is 6.92 Å². The summed E-state index contributed by atoms with van der Waals surface area (Å²) in [7, 11) is 0. The Labute approximate surface area is 133 Å². The molecule has 0 atom stereocenters. The maximum absolute atomic E-state index is 12.1. The first-order chi connectivity index (χ1) is 11.1. The zero-order valence-corrected chi connectivity index (χ0v) is 12.6. The average molecular weight is 305 g/mol. The number of nitrogens with one attached hydrogen (secondary N) is 1. The Morgan fingerprint density at radius 2 is 1.78 bits per heavy atom. The van der Waals surface area contributed by atoms with Crippen LogP contribution in [-0.2, 0) is 4.79 Å². The van der Waals surface area contributed by atoms with Crippen LogP contribution in [0.5, 0.6) is 5.75 Å². The molecule has 23 heavy (non-hydrogen) atoms. The fraction of sp³-hybridized carbons (Fsp3) is 0.0526. The lowest BCUT2D eigenvalue weighted by Crippen LogP contribution is -2.02. The Kier molecular flexibility index (Phi) is 4.06. The first-order valence-corrected chi connectivity index (χ1v) is 7.20. The van der Waals surface area contributed by atoms with Crippen LogP contribution in [-0.4, -0.2) is 11.0 Å². The van der Waals surface area contributed by atoms with Gasteiger partial charge in [-0.05, 0) is 35.9 Å². The van der Waals surface area contributed by atoms with E-state index in [1.54, 1.807) is 24.3 Å². The Morgan fingerprint density at radius 1 is 1.04 bits per heavy atom. The largest absolute Gasteiger partial charge is 0.427 e. The van der Waals surface area contributed by atoms with Crippen LogP contribution >= 0.6 is 0 Å². The molecule has 114 valence electrons. The first-order valence-electron chi connectivity index (χ1n) is 7.20. The van der Waals surface area contributed by atoms with E-state index < -0.39 is 0 Å². The number of H-pyrrole nitrogens is 1. The number of aromatic nitrogens is 1. The van der Waals surface area contributed by atoms with Gasteiger partial charge in [0.25, 0.3) is 0 Å². The van der Waals surface area contributed by atoms with Gasteiger partial charge in [-0.15, -0.1) is 0 Å². The van der Waals surface area contributed by atoms with Crippen molar-refractivity contribution in [3.63, 3.8) is 0 Å². The summed E-state index contributed by atoms with van der Waals surface area (Å²) >= 11 is 0. The molecule has 3 aromatic rings. The van der Waals surface area contributed by atoms with Gasteiger partial charge in [-0.1, -0.05) is 30.3 Å². The topological polar surface area (TPSA) is 59.2 Å². The number of hydrogen-bond acceptors (Lipinski definition) is 3. The van der Waals surface area contributed by atoms with E-state index in [1.807, 2.05) is 42.5 Å². The van der Waals surface area contributed by atoms with Gasteiger partial charge in [0.05, 0.1) is 0 Å². The van der Waals surface area contributed by atoms with Gasteiger partial charge in [-0.3, -0.25) is 9.59 Å². The van der Waals surface area contributed by atoms with E-state index in [0.717, 1.165) is 16.8 Å². The second-order valence-electron chi connectivity index (χ2n) is 5.13. The molecule has 4 heteroatoms. The molecule has 1 heterocycles. The molecule has 1 N–H and O–H groups in total. The van der Waals surface area contributed by atoms with E-state index in [1.165, 1.54) is 6.92 Å². The van der Waals surface area contributed by atoms with Gasteiger partial charge in [0, 0.05) is 29.6 Å². The van der Waals surface area contributed by atoms with Gasteiger partial charge in [0.15, 0.2) is 5.43 Å². The fourth-order valence-corrected chi connectivity index (χ4v) is 2.31. The highest BCUT2D eigenvalue weighted by Gasteiger charge is 2.00. The first kappa shape index (κ1) is 14.8. The molecule has 0 saturated heterocycles. The van der Waals surface area contributed by atoms with Crippen molar-refractivity contribution in [1.29, 1.82) is 0 Å². The number of ether oxygens (including phenoxy) is 1. The van der Waals surface area contributed by atoms with E-state index >= 15 is 0 Å². The van der Waals surface area contributed by atoms with Crippen molar-refractivity contribution in [2.75, 3.05) is 0 Å². The van der Waals surface area contributed by atoms with E-state index in [4.69, 9.17) is 4.74 Å². The van der Waals surface area contributed by atoms with Crippen LogP contribution in [0.25, 0.3) is 23.1 Å². The van der Waals surface area contributed by atoms with Crippen molar-refractivity contribution in [2.24, 2.45) is 0 Å². The normalized spacial score (nSPS) is 11.0. The molecule has 0 unspecified atom stereocenters. The standard InChI is InChI=1S/C19H15NO3/c1-13(21)23-16-10-7-14(8-11-16)6-9-15-12-19(22)17-4-2-3-5-18(17)20-15/h2-12H,1H3,(H,20,22)/b9-6+. The molecule has 0 spiro atoms. The van der Waals surface area contributed by atoms with E-state index in [0.29, 0.717) is 11.1 Å². The molecule has 0 bridgehead atoms. The number of aromatic amines is 1. The van der Waals surface area contributed by atoms with E-state index in [9.17, 15) is 9.59 Å². The Bertz CT molecular complexity index is 937. The van der Waals surface area contributed by atoms with Crippen molar-refractivity contribution < 1.29 is 9.53 Å². The van der Waals surface area contributed by atoms with Crippen molar-refractivity contribution in [3.8, 4) is 5.75 Å². The number of rotatable bonds is 3. The summed E-state index contributed by atoms with van der Waals surface area (Å²) in [5, 5.41) is 0.676. The molecule has 0 radical (unpaired) electrons. The second-order valence-corrected chi connectivity index (χ2v) is 5.13. The zero-order chi connectivity index (χ0) is 16.2. The lowest BCUT2D eigenvalue weighted by atomic mass is 10.1. The number of carbonyl (C=O) groups is 1. The highest BCUT2D eigenvalue weighted by Crippen LogP contribution is 2.15. The monoisotopic (exact) mass is 305 g/mol. The predicted molar refractivity (Wildman–Crippen MR) is 91.2 cm³/mol. The molecule has 2 aromatic carbocycles. The minimum absolute atomic E-state index is 0.00999. The summed E-state index contributed by atoms with van der Waals surface area (Å²) in [5.41, 5.74) is 2.47. The molecule has 0 saturated carbocycles. The molecule has 0 fully saturated rings. The van der Waals surface area contributed by atoms with Crippen LogP contribution < -0.4 is 10.2 Å². The maximum Gasteiger partial charge on any atom is 0.308 e. The van der Waals surface area contributed by atoms with Crippen LogP contribution in [0.15, 0.2) is 59.4 Å². The quantitative estimate of drug-likeness (QED) is 0.594. The van der Waals surface area contributed by atoms with Crippen LogP contribution in [0.2, 0.25) is 0 Å². The summed E-state index contributed by atoms with van der Waals surface area (Å²) in [6, 6.07) is 16.1. The lowest BCUT2D eigenvalue weighted by molar-refractivity contribution is -0.131. The van der Waals surface area contributed by atoms with Crippen LogP contribution in [0.1, 0.15) is 18.2 Å².